The number of benzene rings is 1. The normalized spacial score (nSPS) is 15.5. The van der Waals surface area contributed by atoms with Crippen molar-refractivity contribution in [3.8, 4) is 0 Å². The summed E-state index contributed by atoms with van der Waals surface area (Å²) >= 11 is 1.38. The number of halogens is 1. The molecule has 0 saturated carbocycles. The van der Waals surface area contributed by atoms with Crippen LogP contribution in [0.1, 0.15) is 72.5 Å². The highest BCUT2D eigenvalue weighted by Gasteiger charge is 2.28. The number of Topliss-reactive ketones (excluding diaryl/α,β-unsaturated/α-hetero) is 1. The summed E-state index contributed by atoms with van der Waals surface area (Å²) in [4.78, 5) is 46.5. The molecule has 8 nitrogen and oxygen atoms in total. The number of carbonyl (C=O) groups excluding carboxylic acids is 2. The third kappa shape index (κ3) is 8.06. The van der Waals surface area contributed by atoms with E-state index in [9.17, 15) is 9.59 Å². The smallest absolute Gasteiger partial charge is 0.256 e. The largest absolute Gasteiger partial charge is 0.353 e. The van der Waals surface area contributed by atoms with Gasteiger partial charge in [-0.2, -0.15) is 0 Å². The number of aryl methyl sites for hydroxylation is 2. The van der Waals surface area contributed by atoms with Crippen molar-refractivity contribution < 1.29 is 14.0 Å². The number of ketones is 1. The van der Waals surface area contributed by atoms with Crippen LogP contribution in [0.2, 0.25) is 0 Å². The van der Waals surface area contributed by atoms with Gasteiger partial charge in [0.05, 0.1) is 35.4 Å². The molecule has 10 heteroatoms. The molecule has 1 aliphatic heterocycles. The molecular weight excluding hydrogens is 563 g/mol. The van der Waals surface area contributed by atoms with Gasteiger partial charge in [0.2, 0.25) is 5.78 Å². The molecule has 4 rings (SSSR count). The van der Waals surface area contributed by atoms with Crippen LogP contribution in [0.5, 0.6) is 0 Å². The topological polar surface area (TPSA) is 91.3 Å². The zero-order valence-corrected chi connectivity index (χ0v) is 26.7. The van der Waals surface area contributed by atoms with Crippen LogP contribution in [-0.2, 0) is 11.3 Å². The molecule has 1 fully saturated rings. The third-order valence-corrected chi connectivity index (χ3v) is 8.91. The number of aromatic nitrogens is 3. The highest BCUT2D eigenvalue weighted by atomic mass is 32.2. The van der Waals surface area contributed by atoms with Gasteiger partial charge in [-0.3, -0.25) is 19.6 Å². The van der Waals surface area contributed by atoms with E-state index in [4.69, 9.17) is 0 Å². The van der Waals surface area contributed by atoms with E-state index in [1.807, 2.05) is 37.1 Å². The Balaban J connectivity index is 1.70. The number of nitrogens with zero attached hydrogens (tertiary/aromatic N) is 5. The SMILES string of the molecule is CCC(C)c1ccccc1S/C(C)=C(\C(=O)NCc1cnc(C)cn1)C(=O)c1cc(F)c(N2CCCN(C)CC2)nc1C. The van der Waals surface area contributed by atoms with Crippen molar-refractivity contribution in [1.29, 1.82) is 0 Å². The molecule has 3 heterocycles. The quantitative estimate of drug-likeness (QED) is 0.101. The molecule has 1 unspecified atom stereocenters. The van der Waals surface area contributed by atoms with Gasteiger partial charge in [0.15, 0.2) is 11.6 Å². The standard InChI is InChI=1S/C33H41FN6O2S/c1-7-21(2)26-11-8-9-12-29(26)43-24(5)30(33(42)37-20-25-19-35-22(3)18-36-25)31(41)27-17-28(34)32(38-23(27)4)40-14-10-13-39(6)15-16-40/h8-9,11-12,17-19,21H,7,10,13-16,20H2,1-6H3,(H,37,42)/b30-24-. The molecule has 0 radical (unpaired) electrons. The minimum atomic E-state index is -0.569. The number of rotatable bonds is 10. The summed E-state index contributed by atoms with van der Waals surface area (Å²) < 4.78 is 15.6. The highest BCUT2D eigenvalue weighted by Crippen LogP contribution is 2.36. The number of nitrogens with one attached hydrogen (secondary N) is 1. The Kier molecular flexibility index (Phi) is 11.0. The lowest BCUT2D eigenvalue weighted by molar-refractivity contribution is -0.117. The van der Waals surface area contributed by atoms with Gasteiger partial charge in [-0.05, 0) is 70.8 Å². The van der Waals surface area contributed by atoms with Crippen LogP contribution in [-0.4, -0.2) is 64.8 Å². The van der Waals surface area contributed by atoms with Gasteiger partial charge in [-0.1, -0.05) is 43.8 Å². The minimum absolute atomic E-state index is 0.0440. The van der Waals surface area contributed by atoms with Crippen LogP contribution in [0.3, 0.4) is 0 Å². The molecular formula is C33H41FN6O2S. The van der Waals surface area contributed by atoms with Crippen molar-refractivity contribution in [3.05, 3.63) is 87.2 Å². The van der Waals surface area contributed by atoms with Gasteiger partial charge < -0.3 is 15.1 Å². The van der Waals surface area contributed by atoms with Gasteiger partial charge in [-0.25, -0.2) is 9.37 Å². The van der Waals surface area contributed by atoms with Crippen molar-refractivity contribution in [1.82, 2.24) is 25.2 Å². The first-order valence-corrected chi connectivity index (χ1v) is 15.6. The van der Waals surface area contributed by atoms with Gasteiger partial charge in [0, 0.05) is 41.2 Å². The molecule has 228 valence electrons. The Hall–Kier alpha value is -3.63. The minimum Gasteiger partial charge on any atom is -0.353 e. The number of anilines is 1. The molecule has 0 bridgehead atoms. The Morgan fingerprint density at radius 2 is 1.86 bits per heavy atom. The number of thioether (sulfide) groups is 1. The Labute approximate surface area is 258 Å². The van der Waals surface area contributed by atoms with E-state index in [2.05, 4.69) is 45.1 Å². The molecule has 0 aliphatic carbocycles. The van der Waals surface area contributed by atoms with Gasteiger partial charge in [0.1, 0.15) is 0 Å². The number of allylic oxidation sites excluding steroid dienone is 1. The van der Waals surface area contributed by atoms with Crippen molar-refractivity contribution in [2.24, 2.45) is 0 Å². The molecule has 1 N–H and O–H groups in total. The van der Waals surface area contributed by atoms with E-state index in [-0.39, 0.29) is 23.5 Å². The first-order valence-electron chi connectivity index (χ1n) is 14.8. The van der Waals surface area contributed by atoms with Crippen molar-refractivity contribution in [3.63, 3.8) is 0 Å². The second kappa shape index (κ2) is 14.7. The predicted molar refractivity (Wildman–Crippen MR) is 170 cm³/mol. The maximum Gasteiger partial charge on any atom is 0.256 e. The van der Waals surface area contributed by atoms with Crippen LogP contribution in [0, 0.1) is 19.7 Å². The van der Waals surface area contributed by atoms with E-state index in [1.54, 1.807) is 26.2 Å². The fourth-order valence-electron chi connectivity index (χ4n) is 5.02. The molecule has 1 aliphatic rings. The summed E-state index contributed by atoms with van der Waals surface area (Å²) in [6, 6.07) is 9.25. The molecule has 2 aromatic heterocycles. The highest BCUT2D eigenvalue weighted by molar-refractivity contribution is 8.03. The van der Waals surface area contributed by atoms with E-state index in [1.165, 1.54) is 17.8 Å². The fraction of sp³-hybridized carbons (Fsp3) is 0.424. The molecule has 43 heavy (non-hydrogen) atoms. The Bertz CT molecular complexity index is 1490. The van der Waals surface area contributed by atoms with Gasteiger partial charge >= 0.3 is 0 Å². The average molecular weight is 605 g/mol. The monoisotopic (exact) mass is 604 g/mol. The third-order valence-electron chi connectivity index (χ3n) is 7.81. The second-order valence-corrected chi connectivity index (χ2v) is 12.4. The number of likely N-dealkylation sites (N-methyl/N-ethyl adjacent to an activating group) is 1. The number of hydrogen-bond donors (Lipinski definition) is 1. The average Bonchev–Trinajstić information content (AvgIpc) is 3.21. The summed E-state index contributed by atoms with van der Waals surface area (Å²) in [6.45, 7) is 12.7. The number of pyridine rings is 1. The van der Waals surface area contributed by atoms with E-state index in [0.29, 0.717) is 35.3 Å². The lowest BCUT2D eigenvalue weighted by atomic mass is 9.99. The second-order valence-electron chi connectivity index (χ2n) is 11.1. The molecule has 0 spiro atoms. The lowest BCUT2D eigenvalue weighted by Gasteiger charge is -2.23. The van der Waals surface area contributed by atoms with Crippen LogP contribution in [0.4, 0.5) is 10.2 Å². The molecule has 1 amide bonds. The van der Waals surface area contributed by atoms with E-state index < -0.39 is 17.5 Å². The summed E-state index contributed by atoms with van der Waals surface area (Å²) in [6.07, 6.45) is 5.06. The first-order chi connectivity index (χ1) is 20.6. The maximum absolute atomic E-state index is 15.6. The Morgan fingerprint density at radius 3 is 2.58 bits per heavy atom. The van der Waals surface area contributed by atoms with Crippen molar-refractivity contribution in [2.45, 2.75) is 64.8 Å². The Morgan fingerprint density at radius 1 is 1.09 bits per heavy atom. The zero-order valence-electron chi connectivity index (χ0n) is 25.9. The van der Waals surface area contributed by atoms with Crippen LogP contribution in [0.15, 0.2) is 58.1 Å². The first kappa shape index (κ1) is 32.3. The molecule has 1 saturated heterocycles. The van der Waals surface area contributed by atoms with Crippen molar-refractivity contribution >= 4 is 29.3 Å². The van der Waals surface area contributed by atoms with E-state index >= 15 is 4.39 Å². The zero-order chi connectivity index (χ0) is 31.1. The molecule has 1 atom stereocenters. The van der Waals surface area contributed by atoms with E-state index in [0.717, 1.165) is 42.1 Å². The molecule has 3 aromatic rings. The van der Waals surface area contributed by atoms with Gasteiger partial charge in [0.25, 0.3) is 5.91 Å². The summed E-state index contributed by atoms with van der Waals surface area (Å²) in [5.41, 5.74) is 2.88. The summed E-state index contributed by atoms with van der Waals surface area (Å²) in [5, 5.41) is 2.83. The number of carbonyl (C=O) groups is 2. The van der Waals surface area contributed by atoms with Crippen molar-refractivity contribution in [2.75, 3.05) is 38.1 Å². The number of amides is 1. The van der Waals surface area contributed by atoms with Crippen LogP contribution in [0.25, 0.3) is 0 Å². The van der Waals surface area contributed by atoms with Crippen LogP contribution < -0.4 is 10.2 Å². The predicted octanol–water partition coefficient (Wildman–Crippen LogP) is 5.85. The lowest BCUT2D eigenvalue weighted by Crippen LogP contribution is -2.31. The fourth-order valence-corrected chi connectivity index (χ4v) is 6.17. The summed E-state index contributed by atoms with van der Waals surface area (Å²) in [5.74, 6) is -1.15. The summed E-state index contributed by atoms with van der Waals surface area (Å²) in [7, 11) is 2.05. The van der Waals surface area contributed by atoms with Crippen LogP contribution >= 0.6 is 11.8 Å². The number of hydrogen-bond acceptors (Lipinski definition) is 8. The maximum atomic E-state index is 15.6. The van der Waals surface area contributed by atoms with Gasteiger partial charge in [-0.15, -0.1) is 0 Å². The molecule has 1 aromatic carbocycles.